The number of benzene rings is 1. The maximum Gasteiger partial charge on any atom is 0.258 e. The molecule has 1 fully saturated rings. The molecule has 1 aromatic rings. The van der Waals surface area contributed by atoms with Crippen LogP contribution in [0, 0.1) is 0 Å². The van der Waals surface area contributed by atoms with Crippen LogP contribution in [0.2, 0.25) is 0 Å². The number of piperazine rings is 1. The molecule has 1 atom stereocenters. The molecule has 1 aliphatic rings. The highest BCUT2D eigenvalue weighted by molar-refractivity contribution is 9.11. The minimum absolute atomic E-state index is 0.640. The normalized spacial score (nSPS) is 19.2. The number of hydrogen-bond acceptors (Lipinski definition) is 2. The van der Waals surface area contributed by atoms with E-state index in [0.29, 0.717) is 18.7 Å². The highest BCUT2D eigenvalue weighted by Crippen LogP contribution is 2.34. The Kier molecular flexibility index (Phi) is 5.12. The van der Waals surface area contributed by atoms with Crippen LogP contribution in [0.15, 0.2) is 27.1 Å². The summed E-state index contributed by atoms with van der Waals surface area (Å²) in [5.41, 5.74) is 0.640. The molecule has 6 heteroatoms. The second-order valence-corrected chi connectivity index (χ2v) is 6.00. The van der Waals surface area contributed by atoms with Gasteiger partial charge < -0.3 is 5.32 Å². The molecule has 2 nitrogen and oxygen atoms in total. The summed E-state index contributed by atoms with van der Waals surface area (Å²) in [4.78, 5) is 1.84. The topological polar surface area (TPSA) is 15.3 Å². The van der Waals surface area contributed by atoms with Crippen molar-refractivity contribution in [2.75, 3.05) is 26.2 Å². The first kappa shape index (κ1) is 14.4. The molecule has 100 valence electrons. The minimum Gasteiger partial charge on any atom is -0.314 e. The highest BCUT2D eigenvalue weighted by atomic mass is 79.9. The average Bonchev–Trinajstić information content (AvgIpc) is 2.35. The SMILES string of the molecule is FC(F)[C@H](c1cc(Br)ccc1Br)N1CCNCC1. The average molecular weight is 384 g/mol. The Morgan fingerprint density at radius 3 is 2.44 bits per heavy atom. The van der Waals surface area contributed by atoms with Crippen LogP contribution in [0.4, 0.5) is 8.78 Å². The van der Waals surface area contributed by atoms with Gasteiger partial charge in [0.1, 0.15) is 0 Å². The van der Waals surface area contributed by atoms with E-state index in [1.54, 1.807) is 12.1 Å². The molecule has 1 heterocycles. The molecule has 0 aliphatic carbocycles. The van der Waals surface area contributed by atoms with Crippen molar-refractivity contribution < 1.29 is 8.78 Å². The van der Waals surface area contributed by atoms with Crippen molar-refractivity contribution in [2.45, 2.75) is 12.5 Å². The Morgan fingerprint density at radius 2 is 1.83 bits per heavy atom. The van der Waals surface area contributed by atoms with E-state index in [2.05, 4.69) is 37.2 Å². The number of hydrogen-bond donors (Lipinski definition) is 1. The van der Waals surface area contributed by atoms with Gasteiger partial charge in [-0.05, 0) is 23.8 Å². The van der Waals surface area contributed by atoms with Crippen LogP contribution in [-0.2, 0) is 0 Å². The Bertz CT molecular complexity index is 409. The lowest BCUT2D eigenvalue weighted by Gasteiger charge is -2.35. The number of nitrogens with zero attached hydrogens (tertiary/aromatic N) is 1. The Hall–Kier alpha value is -0.0400. The van der Waals surface area contributed by atoms with E-state index in [-0.39, 0.29) is 0 Å². The molecule has 0 saturated carbocycles. The van der Waals surface area contributed by atoms with Crippen molar-refractivity contribution in [1.29, 1.82) is 0 Å². The summed E-state index contributed by atoms with van der Waals surface area (Å²) in [5.74, 6) is 0. The van der Waals surface area contributed by atoms with E-state index in [1.165, 1.54) is 0 Å². The van der Waals surface area contributed by atoms with Crippen LogP contribution >= 0.6 is 31.9 Å². The van der Waals surface area contributed by atoms with E-state index < -0.39 is 12.5 Å². The molecular weight excluding hydrogens is 370 g/mol. The second-order valence-electron chi connectivity index (χ2n) is 4.23. The zero-order chi connectivity index (χ0) is 13.1. The monoisotopic (exact) mass is 382 g/mol. The molecule has 1 aromatic carbocycles. The van der Waals surface area contributed by atoms with Crippen LogP contribution in [0.3, 0.4) is 0 Å². The first-order valence-corrected chi connectivity index (χ1v) is 7.36. The summed E-state index contributed by atoms with van der Waals surface area (Å²) in [6, 6.07) is 4.56. The van der Waals surface area contributed by atoms with Crippen molar-refractivity contribution in [3.8, 4) is 0 Å². The van der Waals surface area contributed by atoms with E-state index in [1.807, 2.05) is 11.0 Å². The Morgan fingerprint density at radius 1 is 1.17 bits per heavy atom. The van der Waals surface area contributed by atoms with E-state index in [4.69, 9.17) is 0 Å². The van der Waals surface area contributed by atoms with Gasteiger partial charge in [-0.15, -0.1) is 0 Å². The van der Waals surface area contributed by atoms with Gasteiger partial charge in [-0.3, -0.25) is 4.90 Å². The van der Waals surface area contributed by atoms with Crippen LogP contribution < -0.4 is 5.32 Å². The number of rotatable bonds is 3. The lowest BCUT2D eigenvalue weighted by atomic mass is 10.0. The molecule has 1 N–H and O–H groups in total. The van der Waals surface area contributed by atoms with Gasteiger partial charge in [0, 0.05) is 35.1 Å². The lowest BCUT2D eigenvalue weighted by molar-refractivity contribution is 0.0178. The number of nitrogens with one attached hydrogen (secondary N) is 1. The van der Waals surface area contributed by atoms with Gasteiger partial charge in [0.05, 0.1) is 6.04 Å². The molecule has 1 saturated heterocycles. The quantitative estimate of drug-likeness (QED) is 0.860. The van der Waals surface area contributed by atoms with Crippen LogP contribution in [-0.4, -0.2) is 37.5 Å². The van der Waals surface area contributed by atoms with Gasteiger partial charge in [0.25, 0.3) is 6.43 Å². The van der Waals surface area contributed by atoms with Gasteiger partial charge in [0.15, 0.2) is 0 Å². The molecule has 0 amide bonds. The van der Waals surface area contributed by atoms with Gasteiger partial charge in [0.2, 0.25) is 0 Å². The lowest BCUT2D eigenvalue weighted by Crippen LogP contribution is -2.47. The smallest absolute Gasteiger partial charge is 0.258 e. The molecule has 0 radical (unpaired) electrons. The molecule has 2 rings (SSSR count). The largest absolute Gasteiger partial charge is 0.314 e. The summed E-state index contributed by atoms with van der Waals surface area (Å²) >= 11 is 6.71. The summed E-state index contributed by atoms with van der Waals surface area (Å²) in [5, 5.41) is 3.18. The van der Waals surface area contributed by atoms with Crippen LogP contribution in [0.1, 0.15) is 11.6 Å². The molecule has 1 aliphatic heterocycles. The zero-order valence-corrected chi connectivity index (χ0v) is 12.8. The van der Waals surface area contributed by atoms with Gasteiger partial charge in [-0.1, -0.05) is 31.9 Å². The van der Waals surface area contributed by atoms with Gasteiger partial charge >= 0.3 is 0 Å². The minimum atomic E-state index is -2.39. The molecule has 0 bridgehead atoms. The Balaban J connectivity index is 2.31. The van der Waals surface area contributed by atoms with Crippen molar-refractivity contribution in [1.82, 2.24) is 10.2 Å². The maximum atomic E-state index is 13.4. The molecule has 0 unspecified atom stereocenters. The van der Waals surface area contributed by atoms with Crippen molar-refractivity contribution in [3.05, 3.63) is 32.7 Å². The second kappa shape index (κ2) is 6.41. The predicted molar refractivity (Wildman–Crippen MR) is 75.0 cm³/mol. The molecule has 18 heavy (non-hydrogen) atoms. The fraction of sp³-hybridized carbons (Fsp3) is 0.500. The Labute approximate surface area is 122 Å². The molecule has 0 aromatic heterocycles. The predicted octanol–water partition coefficient (Wildman–Crippen LogP) is 3.42. The fourth-order valence-electron chi connectivity index (χ4n) is 2.19. The van der Waals surface area contributed by atoms with Crippen molar-refractivity contribution in [2.24, 2.45) is 0 Å². The number of alkyl halides is 2. The third-order valence-electron chi connectivity index (χ3n) is 3.06. The summed E-state index contributed by atoms with van der Waals surface area (Å²) in [6.45, 7) is 2.81. The van der Waals surface area contributed by atoms with Crippen LogP contribution in [0.5, 0.6) is 0 Å². The standard InChI is InChI=1S/C12H14Br2F2N2/c13-8-1-2-10(14)9(7-8)11(12(15)16)18-5-3-17-4-6-18/h1-2,7,11-12,17H,3-6H2/t11-/m0/s1. The van der Waals surface area contributed by atoms with Gasteiger partial charge in [-0.25, -0.2) is 8.78 Å². The first-order chi connectivity index (χ1) is 8.59. The fourth-order valence-corrected chi connectivity index (χ4v) is 3.05. The third kappa shape index (κ3) is 3.29. The number of halogens is 4. The van der Waals surface area contributed by atoms with E-state index in [9.17, 15) is 8.78 Å². The van der Waals surface area contributed by atoms with Crippen LogP contribution in [0.25, 0.3) is 0 Å². The maximum absolute atomic E-state index is 13.4. The third-order valence-corrected chi connectivity index (χ3v) is 4.28. The molecule has 0 spiro atoms. The van der Waals surface area contributed by atoms with Crippen molar-refractivity contribution >= 4 is 31.9 Å². The van der Waals surface area contributed by atoms with E-state index in [0.717, 1.165) is 22.0 Å². The summed E-state index contributed by atoms with van der Waals surface area (Å²) in [7, 11) is 0. The highest BCUT2D eigenvalue weighted by Gasteiger charge is 2.31. The van der Waals surface area contributed by atoms with Crippen molar-refractivity contribution in [3.63, 3.8) is 0 Å². The van der Waals surface area contributed by atoms with Gasteiger partial charge in [-0.2, -0.15) is 0 Å². The van der Waals surface area contributed by atoms with E-state index >= 15 is 0 Å². The summed E-state index contributed by atoms with van der Waals surface area (Å²) < 4.78 is 28.3. The summed E-state index contributed by atoms with van der Waals surface area (Å²) in [6.07, 6.45) is -2.39. The first-order valence-electron chi connectivity index (χ1n) is 5.77. The molecular formula is C12H14Br2F2N2. The zero-order valence-electron chi connectivity index (χ0n) is 9.67.